The van der Waals surface area contributed by atoms with Crippen molar-refractivity contribution in [1.82, 2.24) is 0 Å². The Balaban J connectivity index is 2.43. The van der Waals surface area contributed by atoms with Gasteiger partial charge in [-0.25, -0.2) is 0 Å². The molecule has 0 amide bonds. The van der Waals surface area contributed by atoms with Gasteiger partial charge in [0.05, 0.1) is 14.2 Å². The minimum absolute atomic E-state index is 0.00339. The molecule has 1 aliphatic rings. The van der Waals surface area contributed by atoms with Crippen LogP contribution in [-0.2, 0) is 6.42 Å². The second-order valence-corrected chi connectivity index (χ2v) is 4.80. The van der Waals surface area contributed by atoms with Gasteiger partial charge >= 0.3 is 0 Å². The first-order valence-corrected chi connectivity index (χ1v) is 6.85. The lowest BCUT2D eigenvalue weighted by Crippen LogP contribution is -1.98. The lowest BCUT2D eigenvalue weighted by atomic mass is 10.1. The van der Waals surface area contributed by atoms with E-state index in [-0.39, 0.29) is 5.78 Å². The van der Waals surface area contributed by atoms with Crippen LogP contribution in [0, 0.1) is 0 Å². The van der Waals surface area contributed by atoms with Crippen LogP contribution in [-0.4, -0.2) is 20.0 Å². The summed E-state index contributed by atoms with van der Waals surface area (Å²) in [6.45, 7) is 3.66. The highest BCUT2D eigenvalue weighted by Crippen LogP contribution is 2.36. The first-order valence-electron chi connectivity index (χ1n) is 6.85. The first-order chi connectivity index (χ1) is 10.6. The second-order valence-electron chi connectivity index (χ2n) is 4.80. The van der Waals surface area contributed by atoms with Gasteiger partial charge in [0.25, 0.3) is 0 Å². The average Bonchev–Trinajstić information content (AvgIpc) is 2.82. The predicted octanol–water partition coefficient (Wildman–Crippen LogP) is 2.95. The van der Waals surface area contributed by atoms with Gasteiger partial charge in [-0.2, -0.15) is 0 Å². The number of ketones is 1. The van der Waals surface area contributed by atoms with Crippen LogP contribution in [0.3, 0.4) is 0 Å². The highest BCUT2D eigenvalue weighted by molar-refractivity contribution is 6.13. The van der Waals surface area contributed by atoms with Crippen molar-refractivity contribution in [1.29, 1.82) is 0 Å². The van der Waals surface area contributed by atoms with Crippen molar-refractivity contribution in [3.05, 3.63) is 71.5 Å². The van der Waals surface area contributed by atoms with Crippen molar-refractivity contribution >= 4 is 5.78 Å². The third-order valence-electron chi connectivity index (χ3n) is 3.47. The smallest absolute Gasteiger partial charge is 0.189 e. The highest BCUT2D eigenvalue weighted by Gasteiger charge is 2.27. The Morgan fingerprint density at radius 3 is 2.55 bits per heavy atom. The number of fused-ring (bicyclic) bond motifs is 1. The van der Waals surface area contributed by atoms with E-state index in [1.807, 2.05) is 12.1 Å². The van der Waals surface area contributed by atoms with E-state index in [0.717, 1.165) is 11.1 Å². The van der Waals surface area contributed by atoms with E-state index in [2.05, 4.69) is 6.58 Å². The monoisotopic (exact) mass is 297 g/mol. The van der Waals surface area contributed by atoms with E-state index in [4.69, 9.17) is 15.2 Å². The summed E-state index contributed by atoms with van der Waals surface area (Å²) in [4.78, 5) is 12.5. The van der Waals surface area contributed by atoms with Gasteiger partial charge in [-0.3, -0.25) is 4.79 Å². The Kier molecular flexibility index (Phi) is 4.84. The van der Waals surface area contributed by atoms with Crippen LogP contribution in [0.4, 0.5) is 0 Å². The Labute approximate surface area is 130 Å². The number of allylic oxidation sites excluding steroid dienone is 6. The zero-order valence-corrected chi connectivity index (χ0v) is 12.8. The Hall–Kier alpha value is -2.75. The standard InChI is InChI=1S/C18H19NO3/c1-4-5-12(6-7-19)8-14-9-13-10-16(21-2)17(22-3)11-15(13)18(14)20/h4-8,10-11H,1,9,19H2,2-3H3/b7-6-,12-5+,14-8+. The number of Topliss-reactive ketones (excluding diaryl/α,β-unsaturated/α-hetero) is 1. The molecule has 0 heterocycles. The molecule has 0 saturated heterocycles. The number of nitrogens with two attached hydrogens (primary N) is 1. The van der Waals surface area contributed by atoms with Crippen LogP contribution in [0.2, 0.25) is 0 Å². The van der Waals surface area contributed by atoms with Crippen LogP contribution in [0.15, 0.2) is 60.4 Å². The molecule has 114 valence electrons. The molecular formula is C18H19NO3. The molecule has 0 aromatic heterocycles. The molecule has 22 heavy (non-hydrogen) atoms. The maximum Gasteiger partial charge on any atom is 0.189 e. The van der Waals surface area contributed by atoms with Crippen molar-refractivity contribution in [3.63, 3.8) is 0 Å². The number of carbonyl (C=O) groups is 1. The molecule has 0 atom stereocenters. The summed E-state index contributed by atoms with van der Waals surface area (Å²) in [7, 11) is 3.13. The molecule has 2 rings (SSSR count). The van der Waals surface area contributed by atoms with Gasteiger partial charge < -0.3 is 15.2 Å². The first kappa shape index (κ1) is 15.6. The summed E-state index contributed by atoms with van der Waals surface area (Å²) in [6.07, 6.45) is 9.00. The fourth-order valence-corrected chi connectivity index (χ4v) is 2.45. The predicted molar refractivity (Wildman–Crippen MR) is 87.3 cm³/mol. The van der Waals surface area contributed by atoms with Crippen LogP contribution in [0.5, 0.6) is 11.5 Å². The zero-order chi connectivity index (χ0) is 16.1. The number of benzene rings is 1. The quantitative estimate of drug-likeness (QED) is 0.670. The van der Waals surface area contributed by atoms with Gasteiger partial charge in [0.1, 0.15) is 0 Å². The largest absolute Gasteiger partial charge is 0.493 e. The summed E-state index contributed by atoms with van der Waals surface area (Å²) < 4.78 is 10.5. The fourth-order valence-electron chi connectivity index (χ4n) is 2.45. The van der Waals surface area contributed by atoms with Crippen LogP contribution >= 0.6 is 0 Å². The molecular weight excluding hydrogens is 278 g/mol. The minimum atomic E-state index is -0.00339. The van der Waals surface area contributed by atoms with E-state index in [9.17, 15) is 4.79 Å². The highest BCUT2D eigenvalue weighted by atomic mass is 16.5. The number of hydrogen-bond acceptors (Lipinski definition) is 4. The summed E-state index contributed by atoms with van der Waals surface area (Å²) >= 11 is 0. The summed E-state index contributed by atoms with van der Waals surface area (Å²) in [5, 5.41) is 0. The topological polar surface area (TPSA) is 61.6 Å². The third-order valence-corrected chi connectivity index (χ3v) is 3.47. The number of rotatable bonds is 5. The Bertz CT molecular complexity index is 697. The molecule has 4 nitrogen and oxygen atoms in total. The van der Waals surface area contributed by atoms with Crippen molar-refractivity contribution in [2.45, 2.75) is 6.42 Å². The molecule has 2 N–H and O–H groups in total. The molecule has 4 heteroatoms. The van der Waals surface area contributed by atoms with Crippen LogP contribution < -0.4 is 15.2 Å². The zero-order valence-electron chi connectivity index (χ0n) is 12.8. The normalized spacial score (nSPS) is 16.2. The van der Waals surface area contributed by atoms with Crippen LogP contribution in [0.25, 0.3) is 0 Å². The fraction of sp³-hybridized carbons (Fsp3) is 0.167. The number of carbonyl (C=O) groups excluding carboxylic acids is 1. The summed E-state index contributed by atoms with van der Waals surface area (Å²) in [5.41, 5.74) is 8.54. The third kappa shape index (κ3) is 2.96. The Morgan fingerprint density at radius 2 is 1.95 bits per heavy atom. The van der Waals surface area contributed by atoms with Crippen LogP contribution in [0.1, 0.15) is 15.9 Å². The molecule has 0 radical (unpaired) electrons. The average molecular weight is 297 g/mol. The molecule has 1 aliphatic carbocycles. The lowest BCUT2D eigenvalue weighted by Gasteiger charge is -2.08. The molecule has 0 bridgehead atoms. The van der Waals surface area contributed by atoms with Crippen molar-refractivity contribution < 1.29 is 14.3 Å². The van der Waals surface area contributed by atoms with E-state index in [0.29, 0.717) is 29.1 Å². The van der Waals surface area contributed by atoms with Crippen molar-refractivity contribution in [2.24, 2.45) is 5.73 Å². The van der Waals surface area contributed by atoms with E-state index in [1.165, 1.54) is 6.20 Å². The summed E-state index contributed by atoms with van der Waals surface area (Å²) in [6, 6.07) is 3.58. The minimum Gasteiger partial charge on any atom is -0.493 e. The number of hydrogen-bond donors (Lipinski definition) is 1. The van der Waals surface area contributed by atoms with Gasteiger partial charge in [0.2, 0.25) is 0 Å². The lowest BCUT2D eigenvalue weighted by molar-refractivity contribution is 0.103. The van der Waals surface area contributed by atoms with E-state index >= 15 is 0 Å². The number of ether oxygens (including phenoxy) is 2. The molecule has 0 fully saturated rings. The van der Waals surface area contributed by atoms with E-state index < -0.39 is 0 Å². The van der Waals surface area contributed by atoms with Gasteiger partial charge in [0.15, 0.2) is 17.3 Å². The molecule has 0 spiro atoms. The summed E-state index contributed by atoms with van der Waals surface area (Å²) in [5.74, 6) is 1.18. The Morgan fingerprint density at radius 1 is 1.27 bits per heavy atom. The van der Waals surface area contributed by atoms with Crippen molar-refractivity contribution in [3.8, 4) is 11.5 Å². The maximum absolute atomic E-state index is 12.5. The van der Waals surface area contributed by atoms with Gasteiger partial charge in [-0.05, 0) is 41.6 Å². The van der Waals surface area contributed by atoms with Gasteiger partial charge in [0, 0.05) is 17.6 Å². The maximum atomic E-state index is 12.5. The van der Waals surface area contributed by atoms with Gasteiger partial charge in [-0.1, -0.05) is 18.7 Å². The molecule has 0 saturated carbocycles. The van der Waals surface area contributed by atoms with E-state index in [1.54, 1.807) is 38.5 Å². The number of methoxy groups -OCH3 is 2. The SMILES string of the molecule is C=C/C=C(\C=C/N)/C=C1\Cc2cc(OC)c(OC)cc2C1=O. The molecule has 0 unspecified atom stereocenters. The molecule has 1 aromatic rings. The second kappa shape index (κ2) is 6.80. The van der Waals surface area contributed by atoms with Crippen molar-refractivity contribution in [2.75, 3.05) is 14.2 Å². The molecule has 0 aliphatic heterocycles. The van der Waals surface area contributed by atoms with Gasteiger partial charge in [-0.15, -0.1) is 0 Å². The molecule has 1 aromatic carbocycles.